The molecule has 1 atom stereocenters. The number of benzene rings is 3. The van der Waals surface area contributed by atoms with Crippen molar-refractivity contribution in [3.05, 3.63) is 116 Å². The van der Waals surface area contributed by atoms with Crippen molar-refractivity contribution in [3.63, 3.8) is 0 Å². The van der Waals surface area contributed by atoms with Crippen molar-refractivity contribution < 1.29 is 14.5 Å². The number of carbonyl (C=O) groups excluding carboxylic acids is 2. The molecule has 37 heavy (non-hydrogen) atoms. The molecule has 1 heterocycles. The molecule has 10 heteroatoms. The number of anilines is 1. The molecular weight excluding hydrogens is 512 g/mol. The van der Waals surface area contributed by atoms with E-state index in [-0.39, 0.29) is 28.6 Å². The molecule has 1 fully saturated rings. The zero-order valence-corrected chi connectivity index (χ0v) is 21.0. The second-order valence-corrected chi connectivity index (χ2v) is 9.80. The summed E-state index contributed by atoms with van der Waals surface area (Å²) in [6.07, 6.45) is 0.774. The number of rotatable bonds is 8. The van der Waals surface area contributed by atoms with Crippen LogP contribution < -0.4 is 10.2 Å². The summed E-state index contributed by atoms with van der Waals surface area (Å²) in [4.78, 5) is 38.6. The lowest BCUT2D eigenvalue weighted by Crippen LogP contribution is -2.32. The number of hydrogen-bond acceptors (Lipinski definition) is 6. The number of amides is 2. The first-order chi connectivity index (χ1) is 17.9. The molecule has 0 aliphatic carbocycles. The number of nitro benzene ring substituents is 1. The van der Waals surface area contributed by atoms with Crippen molar-refractivity contribution in [1.29, 1.82) is 5.26 Å². The number of thioether (sulfide) groups is 1. The number of nitro groups is 1. The van der Waals surface area contributed by atoms with Crippen LogP contribution in [-0.2, 0) is 22.4 Å². The van der Waals surface area contributed by atoms with Crippen molar-refractivity contribution >= 4 is 46.6 Å². The van der Waals surface area contributed by atoms with Crippen molar-refractivity contribution in [2.24, 2.45) is 0 Å². The van der Waals surface area contributed by atoms with E-state index < -0.39 is 16.1 Å². The molecule has 1 unspecified atom stereocenters. The Morgan fingerprint density at radius 1 is 1.08 bits per heavy atom. The number of hydrogen-bond donors (Lipinski definition) is 1. The van der Waals surface area contributed by atoms with E-state index in [0.29, 0.717) is 29.2 Å². The van der Waals surface area contributed by atoms with E-state index in [1.54, 1.807) is 36.4 Å². The number of non-ortho nitro benzene ring substituents is 1. The Hall–Kier alpha value is -4.13. The Kier molecular flexibility index (Phi) is 8.23. The number of nitriles is 1. The first-order valence-electron chi connectivity index (χ1n) is 11.3. The average molecular weight is 533 g/mol. The minimum absolute atomic E-state index is 0.0752. The molecule has 0 aromatic heterocycles. The number of nitrogens with one attached hydrogen (secondary N) is 1. The highest BCUT2D eigenvalue weighted by Crippen LogP contribution is 2.42. The summed E-state index contributed by atoms with van der Waals surface area (Å²) >= 11 is 7.12. The Labute approximate surface area is 222 Å². The van der Waals surface area contributed by atoms with Crippen LogP contribution in [0.1, 0.15) is 11.1 Å². The Bertz CT molecular complexity index is 1400. The fourth-order valence-electron chi connectivity index (χ4n) is 3.88. The molecule has 0 saturated carbocycles. The molecule has 1 N–H and O–H groups in total. The first kappa shape index (κ1) is 25.9. The molecular formula is C27H21ClN4O4S. The maximum absolute atomic E-state index is 13.5. The highest BCUT2D eigenvalue weighted by Gasteiger charge is 2.40. The van der Waals surface area contributed by atoms with E-state index in [0.717, 1.165) is 17.3 Å². The van der Waals surface area contributed by atoms with Crippen LogP contribution in [0, 0.1) is 21.4 Å². The zero-order valence-electron chi connectivity index (χ0n) is 19.5. The summed E-state index contributed by atoms with van der Waals surface area (Å²) in [5.41, 5.74) is 1.85. The van der Waals surface area contributed by atoms with Gasteiger partial charge in [0.1, 0.15) is 16.7 Å². The molecule has 1 aliphatic rings. The van der Waals surface area contributed by atoms with Gasteiger partial charge < -0.3 is 5.32 Å². The van der Waals surface area contributed by atoms with E-state index in [4.69, 9.17) is 11.6 Å². The molecule has 0 bridgehead atoms. The second kappa shape index (κ2) is 11.7. The van der Waals surface area contributed by atoms with E-state index in [2.05, 4.69) is 5.32 Å². The molecule has 0 radical (unpaired) electrons. The molecule has 1 saturated heterocycles. The van der Waals surface area contributed by atoms with E-state index >= 15 is 0 Å². The number of carbonyl (C=O) groups is 2. The molecule has 186 valence electrons. The van der Waals surface area contributed by atoms with E-state index in [9.17, 15) is 25.0 Å². The lowest BCUT2D eigenvalue weighted by molar-refractivity contribution is -0.384. The van der Waals surface area contributed by atoms with Gasteiger partial charge in [-0.25, -0.2) is 0 Å². The van der Waals surface area contributed by atoms with Crippen LogP contribution in [0.3, 0.4) is 0 Å². The van der Waals surface area contributed by atoms with Crippen molar-refractivity contribution in [2.45, 2.75) is 18.1 Å². The Balaban J connectivity index is 1.62. The molecule has 1 aliphatic heterocycles. The fourth-order valence-corrected chi connectivity index (χ4v) is 5.31. The van der Waals surface area contributed by atoms with Gasteiger partial charge in [0, 0.05) is 29.4 Å². The van der Waals surface area contributed by atoms with Crippen LogP contribution in [0.5, 0.6) is 0 Å². The van der Waals surface area contributed by atoms with Gasteiger partial charge in [0.2, 0.25) is 5.91 Å². The lowest BCUT2D eigenvalue weighted by Gasteiger charge is -2.19. The summed E-state index contributed by atoms with van der Waals surface area (Å²) in [6.45, 7) is 0.317. The maximum atomic E-state index is 13.5. The maximum Gasteiger partial charge on any atom is 0.269 e. The quantitative estimate of drug-likeness (QED) is 0.188. The van der Waals surface area contributed by atoms with Gasteiger partial charge in [-0.3, -0.25) is 24.6 Å². The van der Waals surface area contributed by atoms with Gasteiger partial charge in [0.15, 0.2) is 0 Å². The molecule has 8 nitrogen and oxygen atoms in total. The third-order valence-corrected chi connectivity index (χ3v) is 7.19. The van der Waals surface area contributed by atoms with Crippen LogP contribution in [-0.4, -0.2) is 28.5 Å². The summed E-state index contributed by atoms with van der Waals surface area (Å²) in [6, 6.07) is 24.2. The van der Waals surface area contributed by atoms with Gasteiger partial charge in [0.05, 0.1) is 10.2 Å². The second-order valence-electron chi connectivity index (χ2n) is 8.17. The van der Waals surface area contributed by atoms with Gasteiger partial charge in [-0.1, -0.05) is 65.8 Å². The summed E-state index contributed by atoms with van der Waals surface area (Å²) in [5.74, 6) is -0.914. The first-order valence-corrected chi connectivity index (χ1v) is 12.6. The molecule has 4 rings (SSSR count). The third kappa shape index (κ3) is 6.17. The monoisotopic (exact) mass is 532 g/mol. The lowest BCUT2D eigenvalue weighted by atomic mass is 10.1. The van der Waals surface area contributed by atoms with Gasteiger partial charge in [-0.15, -0.1) is 0 Å². The summed E-state index contributed by atoms with van der Waals surface area (Å²) < 4.78 is 0. The summed E-state index contributed by atoms with van der Waals surface area (Å²) in [5, 5.41) is 23.9. The summed E-state index contributed by atoms with van der Waals surface area (Å²) in [7, 11) is 0. The standard InChI is InChI=1S/C27H21ClN4O4S/c28-20-9-11-21(12-10-20)31-26(34)24(16-19-7-4-8-22(15-19)32(35)36)37-27(31)23(17-29)25(33)30-14-13-18-5-2-1-3-6-18/h1-12,15,24H,13-14,16H2,(H,30,33). The predicted octanol–water partition coefficient (Wildman–Crippen LogP) is 5.03. The van der Waals surface area contributed by atoms with Crippen LogP contribution in [0.4, 0.5) is 11.4 Å². The van der Waals surface area contributed by atoms with Crippen LogP contribution in [0.25, 0.3) is 0 Å². The Morgan fingerprint density at radius 3 is 2.46 bits per heavy atom. The smallest absolute Gasteiger partial charge is 0.269 e. The third-order valence-electron chi connectivity index (χ3n) is 5.67. The fraction of sp³-hybridized carbons (Fsp3) is 0.148. The largest absolute Gasteiger partial charge is 0.351 e. The highest BCUT2D eigenvalue weighted by atomic mass is 35.5. The topological polar surface area (TPSA) is 116 Å². The van der Waals surface area contributed by atoms with Gasteiger partial charge in [0.25, 0.3) is 11.6 Å². The van der Waals surface area contributed by atoms with Crippen molar-refractivity contribution in [1.82, 2.24) is 5.32 Å². The number of nitrogens with zero attached hydrogens (tertiary/aromatic N) is 3. The minimum atomic E-state index is -0.687. The minimum Gasteiger partial charge on any atom is -0.351 e. The van der Waals surface area contributed by atoms with E-state index in [1.807, 2.05) is 36.4 Å². The van der Waals surface area contributed by atoms with Crippen LogP contribution in [0.15, 0.2) is 89.5 Å². The van der Waals surface area contributed by atoms with Crippen LogP contribution in [0.2, 0.25) is 5.02 Å². The van der Waals surface area contributed by atoms with Gasteiger partial charge >= 0.3 is 0 Å². The zero-order chi connectivity index (χ0) is 26.4. The molecule has 0 spiro atoms. The van der Waals surface area contributed by atoms with E-state index in [1.165, 1.54) is 17.0 Å². The highest BCUT2D eigenvalue weighted by molar-refractivity contribution is 8.05. The van der Waals surface area contributed by atoms with Gasteiger partial charge in [-0.2, -0.15) is 5.26 Å². The molecule has 3 aromatic rings. The number of halogens is 1. The Morgan fingerprint density at radius 2 is 1.78 bits per heavy atom. The predicted molar refractivity (Wildman–Crippen MR) is 143 cm³/mol. The normalized spacial score (nSPS) is 16.3. The van der Waals surface area contributed by atoms with Crippen molar-refractivity contribution in [3.8, 4) is 6.07 Å². The molecule has 3 aromatic carbocycles. The average Bonchev–Trinajstić information content (AvgIpc) is 3.21. The van der Waals surface area contributed by atoms with Crippen LogP contribution >= 0.6 is 23.4 Å². The van der Waals surface area contributed by atoms with Crippen molar-refractivity contribution in [2.75, 3.05) is 11.4 Å². The molecule has 2 amide bonds. The SMILES string of the molecule is N#CC(C(=O)NCCc1ccccc1)=C1SC(Cc2cccc([N+](=O)[O-])c2)C(=O)N1c1ccc(Cl)cc1. The van der Waals surface area contributed by atoms with Gasteiger partial charge in [-0.05, 0) is 48.2 Å².